The zero-order valence-electron chi connectivity index (χ0n) is 15.8. The smallest absolute Gasteiger partial charge is 0.287 e. The molecule has 4 rings (SSSR count). The first-order valence-corrected chi connectivity index (χ1v) is 10.4. The monoisotopic (exact) mass is 425 g/mol. The standard InChI is InChI=1S/C21H16FN3O4S/c1-13-17(22)6-7-20(25-13)30(27,28)16-4-2-14(3-5-16)11-24-21(26)18-10-15-8-9-23-12-19(15)29-18/h2-10,12H,11H2,1H3,(H,24,26). The molecule has 1 amide bonds. The average Bonchev–Trinajstić information content (AvgIpc) is 3.18. The van der Waals surface area contributed by atoms with Gasteiger partial charge in [-0.2, -0.15) is 0 Å². The minimum Gasteiger partial charge on any atom is -0.449 e. The number of amides is 1. The van der Waals surface area contributed by atoms with Gasteiger partial charge < -0.3 is 9.73 Å². The van der Waals surface area contributed by atoms with Crippen LogP contribution in [0.15, 0.2) is 75.3 Å². The third-order valence-corrected chi connectivity index (χ3v) is 6.18. The average molecular weight is 425 g/mol. The van der Waals surface area contributed by atoms with Crippen molar-refractivity contribution in [2.24, 2.45) is 0 Å². The first kappa shape index (κ1) is 19.7. The van der Waals surface area contributed by atoms with E-state index < -0.39 is 21.6 Å². The van der Waals surface area contributed by atoms with Crippen molar-refractivity contribution in [2.75, 3.05) is 0 Å². The van der Waals surface area contributed by atoms with Crippen LogP contribution in [0.1, 0.15) is 21.8 Å². The molecule has 0 fully saturated rings. The number of sulfone groups is 1. The number of nitrogens with one attached hydrogen (secondary N) is 1. The van der Waals surface area contributed by atoms with Crippen molar-refractivity contribution in [3.8, 4) is 0 Å². The van der Waals surface area contributed by atoms with E-state index in [1.54, 1.807) is 30.5 Å². The Morgan fingerprint density at radius 1 is 1.13 bits per heavy atom. The van der Waals surface area contributed by atoms with Crippen molar-refractivity contribution in [1.82, 2.24) is 15.3 Å². The maximum Gasteiger partial charge on any atom is 0.287 e. The molecule has 0 saturated heterocycles. The minimum atomic E-state index is -3.87. The number of halogens is 1. The molecule has 0 aliphatic carbocycles. The lowest BCUT2D eigenvalue weighted by molar-refractivity contribution is 0.0925. The highest BCUT2D eigenvalue weighted by atomic mass is 32.2. The molecule has 0 saturated carbocycles. The highest BCUT2D eigenvalue weighted by molar-refractivity contribution is 7.91. The third kappa shape index (κ3) is 3.79. The maximum atomic E-state index is 13.4. The number of aromatic nitrogens is 2. The van der Waals surface area contributed by atoms with Gasteiger partial charge in [-0.1, -0.05) is 12.1 Å². The Balaban J connectivity index is 1.46. The second-order valence-corrected chi connectivity index (χ2v) is 8.47. The lowest BCUT2D eigenvalue weighted by atomic mass is 10.2. The van der Waals surface area contributed by atoms with Gasteiger partial charge in [0, 0.05) is 18.1 Å². The Hall–Kier alpha value is -3.59. The molecule has 0 radical (unpaired) electrons. The van der Waals surface area contributed by atoms with Crippen molar-refractivity contribution in [1.29, 1.82) is 0 Å². The number of hydrogen-bond acceptors (Lipinski definition) is 6. The Morgan fingerprint density at radius 2 is 1.90 bits per heavy atom. The number of fused-ring (bicyclic) bond motifs is 1. The van der Waals surface area contributed by atoms with Crippen molar-refractivity contribution >= 4 is 26.7 Å². The van der Waals surface area contributed by atoms with Crippen LogP contribution in [0.3, 0.4) is 0 Å². The molecule has 0 spiro atoms. The van der Waals surface area contributed by atoms with E-state index in [-0.39, 0.29) is 27.9 Å². The summed E-state index contributed by atoms with van der Waals surface area (Å²) >= 11 is 0. The predicted octanol–water partition coefficient (Wildman–Crippen LogP) is 3.43. The van der Waals surface area contributed by atoms with E-state index in [2.05, 4.69) is 15.3 Å². The van der Waals surface area contributed by atoms with Crippen molar-refractivity contribution < 1.29 is 22.0 Å². The number of carbonyl (C=O) groups excluding carboxylic acids is 1. The van der Waals surface area contributed by atoms with Crippen LogP contribution in [0.5, 0.6) is 0 Å². The first-order chi connectivity index (χ1) is 14.3. The van der Waals surface area contributed by atoms with E-state index in [1.165, 1.54) is 25.3 Å². The van der Waals surface area contributed by atoms with E-state index in [4.69, 9.17) is 4.42 Å². The summed E-state index contributed by atoms with van der Waals surface area (Å²) in [6, 6.07) is 11.6. The number of nitrogens with zero attached hydrogens (tertiary/aromatic N) is 2. The van der Waals surface area contributed by atoms with E-state index in [0.717, 1.165) is 17.5 Å². The number of furan rings is 1. The zero-order chi connectivity index (χ0) is 21.3. The van der Waals surface area contributed by atoms with Crippen LogP contribution < -0.4 is 5.32 Å². The largest absolute Gasteiger partial charge is 0.449 e. The number of aryl methyl sites for hydroxylation is 1. The van der Waals surface area contributed by atoms with Crippen molar-refractivity contribution in [2.45, 2.75) is 23.4 Å². The van der Waals surface area contributed by atoms with Crippen LogP contribution in [-0.2, 0) is 16.4 Å². The molecule has 9 heteroatoms. The molecule has 3 aromatic heterocycles. The lowest BCUT2D eigenvalue weighted by Crippen LogP contribution is -2.22. The Kier molecular flexibility index (Phi) is 5.04. The Labute approximate surface area is 171 Å². The fourth-order valence-electron chi connectivity index (χ4n) is 2.84. The van der Waals surface area contributed by atoms with Crippen LogP contribution in [0, 0.1) is 12.7 Å². The maximum absolute atomic E-state index is 13.4. The Bertz CT molecular complexity index is 1320. The fourth-order valence-corrected chi connectivity index (χ4v) is 4.08. The molecular weight excluding hydrogens is 409 g/mol. The van der Waals surface area contributed by atoms with Gasteiger partial charge >= 0.3 is 0 Å². The number of benzene rings is 1. The van der Waals surface area contributed by atoms with Crippen LogP contribution >= 0.6 is 0 Å². The van der Waals surface area contributed by atoms with E-state index in [9.17, 15) is 17.6 Å². The SMILES string of the molecule is Cc1nc(S(=O)(=O)c2ccc(CNC(=O)c3cc4ccncc4o3)cc2)ccc1F. The van der Waals surface area contributed by atoms with E-state index >= 15 is 0 Å². The van der Waals surface area contributed by atoms with Gasteiger partial charge in [-0.05, 0) is 48.9 Å². The molecule has 0 aliphatic heterocycles. The molecule has 4 aromatic rings. The molecule has 0 aliphatic rings. The van der Waals surface area contributed by atoms with Crippen LogP contribution in [0.25, 0.3) is 11.0 Å². The molecule has 0 atom stereocenters. The Morgan fingerprint density at radius 3 is 2.60 bits per heavy atom. The van der Waals surface area contributed by atoms with Crippen molar-refractivity contribution in [3.63, 3.8) is 0 Å². The summed E-state index contributed by atoms with van der Waals surface area (Å²) in [6.45, 7) is 1.58. The summed E-state index contributed by atoms with van der Waals surface area (Å²) < 4.78 is 44.2. The van der Waals surface area contributed by atoms with Gasteiger partial charge in [-0.3, -0.25) is 9.78 Å². The van der Waals surface area contributed by atoms with Crippen LogP contribution in [0.2, 0.25) is 0 Å². The predicted molar refractivity (Wildman–Crippen MR) is 106 cm³/mol. The molecule has 152 valence electrons. The fraction of sp³-hybridized carbons (Fsp3) is 0.0952. The molecule has 0 bridgehead atoms. The molecular formula is C21H16FN3O4S. The highest BCUT2D eigenvalue weighted by Crippen LogP contribution is 2.21. The first-order valence-electron chi connectivity index (χ1n) is 8.93. The van der Waals surface area contributed by atoms with Crippen molar-refractivity contribution in [3.05, 3.63) is 83.8 Å². The highest BCUT2D eigenvalue weighted by Gasteiger charge is 2.20. The minimum absolute atomic E-state index is 0.0109. The van der Waals surface area contributed by atoms with E-state index in [1.807, 2.05) is 0 Å². The molecule has 3 heterocycles. The summed E-state index contributed by atoms with van der Waals surface area (Å²) in [5.74, 6) is -0.801. The van der Waals surface area contributed by atoms with Gasteiger partial charge in [-0.15, -0.1) is 0 Å². The second-order valence-electron chi connectivity index (χ2n) is 6.57. The van der Waals surface area contributed by atoms with Gasteiger partial charge in [0.2, 0.25) is 9.84 Å². The quantitative estimate of drug-likeness (QED) is 0.526. The number of rotatable bonds is 5. The van der Waals surface area contributed by atoms with Gasteiger partial charge in [0.25, 0.3) is 5.91 Å². The van der Waals surface area contributed by atoms with Gasteiger partial charge in [0.1, 0.15) is 5.82 Å². The van der Waals surface area contributed by atoms with Crippen LogP contribution in [-0.4, -0.2) is 24.3 Å². The molecule has 7 nitrogen and oxygen atoms in total. The summed E-state index contributed by atoms with van der Waals surface area (Å²) in [4.78, 5) is 20.1. The topological polar surface area (TPSA) is 102 Å². The summed E-state index contributed by atoms with van der Waals surface area (Å²) in [7, 11) is -3.87. The lowest BCUT2D eigenvalue weighted by Gasteiger charge is -2.07. The molecule has 0 unspecified atom stereocenters. The summed E-state index contributed by atoms with van der Waals surface area (Å²) in [5.41, 5.74) is 1.22. The van der Waals surface area contributed by atoms with Gasteiger partial charge in [0.05, 0.1) is 16.8 Å². The second kappa shape index (κ2) is 7.68. The number of pyridine rings is 2. The third-order valence-electron chi connectivity index (χ3n) is 4.50. The number of carbonyl (C=O) groups is 1. The normalized spacial score (nSPS) is 11.5. The number of hydrogen-bond donors (Lipinski definition) is 1. The summed E-state index contributed by atoms with van der Waals surface area (Å²) in [6.07, 6.45) is 3.14. The van der Waals surface area contributed by atoms with Gasteiger partial charge in [-0.25, -0.2) is 17.8 Å². The van der Waals surface area contributed by atoms with Gasteiger partial charge in [0.15, 0.2) is 16.4 Å². The molecule has 1 N–H and O–H groups in total. The van der Waals surface area contributed by atoms with Crippen LogP contribution in [0.4, 0.5) is 4.39 Å². The summed E-state index contributed by atoms with van der Waals surface area (Å²) in [5, 5.41) is 3.28. The zero-order valence-corrected chi connectivity index (χ0v) is 16.6. The molecule has 1 aromatic carbocycles. The van der Waals surface area contributed by atoms with E-state index in [0.29, 0.717) is 11.1 Å². The molecule has 30 heavy (non-hydrogen) atoms.